The molecule has 2 amide bonds. The second-order valence-corrected chi connectivity index (χ2v) is 12.4. The highest BCUT2D eigenvalue weighted by atomic mass is 35.5. The molecule has 0 spiro atoms. The Morgan fingerprint density at radius 2 is 1.62 bits per heavy atom. The van der Waals surface area contributed by atoms with E-state index in [0.717, 1.165) is 17.0 Å². The van der Waals surface area contributed by atoms with E-state index in [1.54, 1.807) is 24.3 Å². The minimum absolute atomic E-state index is 0.212. The van der Waals surface area contributed by atoms with Crippen LogP contribution in [0.5, 0.6) is 0 Å². The Kier molecular flexibility index (Phi) is 6.67. The molecule has 1 N–H and O–H groups in total. The summed E-state index contributed by atoms with van der Waals surface area (Å²) in [6, 6.07) is 14.6. The van der Waals surface area contributed by atoms with Gasteiger partial charge in [0, 0.05) is 11.6 Å². The fourth-order valence-electron chi connectivity index (χ4n) is 3.25. The van der Waals surface area contributed by atoms with E-state index in [-0.39, 0.29) is 22.6 Å². The Labute approximate surface area is 162 Å². The number of amides is 2. The maximum atomic E-state index is 13.1. The van der Waals surface area contributed by atoms with Gasteiger partial charge in [-0.2, -0.15) is 4.90 Å². The van der Waals surface area contributed by atoms with E-state index in [2.05, 4.69) is 25.7 Å². The highest BCUT2D eigenvalue weighted by Crippen LogP contribution is 2.40. The van der Waals surface area contributed by atoms with Gasteiger partial charge in [0.15, 0.2) is 0 Å². The Morgan fingerprint density at radius 1 is 1.04 bits per heavy atom. The molecule has 3 nitrogen and oxygen atoms in total. The van der Waals surface area contributed by atoms with Gasteiger partial charge in [0.1, 0.15) is 5.69 Å². The third-order valence-corrected chi connectivity index (χ3v) is 6.04. The normalized spacial score (nSPS) is 14.5. The number of nitrogens with one attached hydrogen (secondary N) is 1. The second kappa shape index (κ2) is 8.38. The number of hydrogen-bond donors (Lipinski definition) is 1. The lowest BCUT2D eigenvalue weighted by Crippen LogP contribution is -3.12. The molecule has 0 aromatic heterocycles. The van der Waals surface area contributed by atoms with Gasteiger partial charge in [-0.25, -0.2) is 19.6 Å². The molecule has 0 fully saturated rings. The highest BCUT2D eigenvalue weighted by molar-refractivity contribution is 8.32. The average molecular weight is 393 g/mol. The van der Waals surface area contributed by atoms with Crippen molar-refractivity contribution in [1.29, 1.82) is 0 Å². The van der Waals surface area contributed by atoms with E-state index in [1.807, 2.05) is 24.3 Å². The summed E-state index contributed by atoms with van der Waals surface area (Å²) in [4.78, 5) is 25.8. The molecule has 2 atom stereocenters. The largest absolute Gasteiger partial charge is 0.358 e. The van der Waals surface area contributed by atoms with Gasteiger partial charge in [-0.15, -0.1) is 0 Å². The predicted octanol–water partition coefficient (Wildman–Crippen LogP) is 4.04. The van der Waals surface area contributed by atoms with Crippen molar-refractivity contribution in [3.05, 3.63) is 64.7 Å². The van der Waals surface area contributed by atoms with Gasteiger partial charge in [-0.3, -0.25) is 0 Å². The molecular weight excluding hydrogens is 366 g/mol. The zero-order chi connectivity index (χ0) is 19.5. The molecule has 5 heteroatoms. The first-order valence-electron chi connectivity index (χ1n) is 8.54. The zero-order valence-electron chi connectivity index (χ0n) is 16.0. The third kappa shape index (κ3) is 4.97. The fraction of sp³-hybridized carbons (Fsp3) is 0.333. The lowest BCUT2D eigenvalue weighted by Gasteiger charge is -2.30. The highest BCUT2D eigenvalue weighted by Gasteiger charge is 2.33. The molecule has 0 aliphatic carbocycles. The second-order valence-electron chi connectivity index (χ2n) is 7.49. The van der Waals surface area contributed by atoms with Crippen molar-refractivity contribution in [3.63, 3.8) is 0 Å². The van der Waals surface area contributed by atoms with Crippen LogP contribution in [0.25, 0.3) is 0 Å². The molecule has 26 heavy (non-hydrogen) atoms. The van der Waals surface area contributed by atoms with Gasteiger partial charge in [0.2, 0.25) is 0 Å². The summed E-state index contributed by atoms with van der Waals surface area (Å²) in [5, 5.41) is 0.362. The molecule has 0 heterocycles. The minimum Gasteiger partial charge on any atom is -0.249 e. The lowest BCUT2D eigenvalue weighted by molar-refractivity contribution is -0.654. The van der Waals surface area contributed by atoms with Gasteiger partial charge < -0.3 is 0 Å². The van der Waals surface area contributed by atoms with E-state index in [9.17, 15) is 9.59 Å². The van der Waals surface area contributed by atoms with Gasteiger partial charge in [-0.05, 0) is 42.6 Å². The molecule has 140 valence electrons. The minimum atomic E-state index is -0.714. The summed E-state index contributed by atoms with van der Waals surface area (Å²) in [7, 11) is -0.714. The molecule has 0 aliphatic rings. The van der Waals surface area contributed by atoms with Crippen LogP contribution in [0.2, 0.25) is 5.02 Å². The molecule has 2 aromatic rings. The maximum absolute atomic E-state index is 13.1. The maximum Gasteiger partial charge on any atom is 0.358 e. The first-order valence-corrected chi connectivity index (χ1v) is 11.9. The van der Waals surface area contributed by atoms with E-state index < -0.39 is 10.0 Å². The first-order chi connectivity index (χ1) is 12.1. The summed E-state index contributed by atoms with van der Waals surface area (Å²) in [5.41, 5.74) is 2.13. The Hall–Kier alpha value is -1.62. The van der Waals surface area contributed by atoms with Crippen molar-refractivity contribution in [2.45, 2.75) is 19.8 Å². The number of carbonyl (C=O) groups is 2. The van der Waals surface area contributed by atoms with Crippen LogP contribution < -0.4 is 4.90 Å². The molecule has 0 radical (unpaired) electrons. The Morgan fingerprint density at radius 3 is 2.19 bits per heavy atom. The van der Waals surface area contributed by atoms with Crippen molar-refractivity contribution in [2.24, 2.45) is 0 Å². The van der Waals surface area contributed by atoms with Gasteiger partial charge in [0.05, 0.1) is 17.5 Å². The molecule has 0 aliphatic heterocycles. The van der Waals surface area contributed by atoms with E-state index in [1.165, 1.54) is 6.92 Å². The van der Waals surface area contributed by atoms with E-state index in [4.69, 9.17) is 11.6 Å². The number of imide groups is 1. The van der Waals surface area contributed by atoms with Crippen molar-refractivity contribution >= 4 is 39.1 Å². The van der Waals surface area contributed by atoms with Crippen molar-refractivity contribution in [3.8, 4) is 0 Å². The average Bonchev–Trinajstić information content (AvgIpc) is 2.53. The predicted molar refractivity (Wildman–Crippen MR) is 112 cm³/mol. The quantitative estimate of drug-likeness (QED) is 0.833. The topological polar surface area (TPSA) is 38.6 Å². The lowest BCUT2D eigenvalue weighted by atomic mass is 9.99. The number of hydrogen-bond acceptors (Lipinski definition) is 2. The molecule has 2 rings (SSSR count). The number of rotatable bonds is 5. The fourth-order valence-corrected chi connectivity index (χ4v) is 5.15. The summed E-state index contributed by atoms with van der Waals surface area (Å²) in [6.07, 6.45) is 6.82. The zero-order valence-corrected chi connectivity index (χ0v) is 17.6. The Bertz CT molecular complexity index is 814. The molecule has 0 bridgehead atoms. The molecular formula is C21H27ClNO2S+. The van der Waals surface area contributed by atoms with Gasteiger partial charge in [-0.1, -0.05) is 48.9 Å². The van der Waals surface area contributed by atoms with E-state index in [0.29, 0.717) is 10.6 Å². The van der Waals surface area contributed by atoms with Crippen LogP contribution in [0.1, 0.15) is 35.7 Å². The van der Waals surface area contributed by atoms with Crippen LogP contribution in [0.3, 0.4) is 0 Å². The first kappa shape index (κ1) is 20.7. The smallest absolute Gasteiger partial charge is 0.249 e. The number of quaternary nitrogens is 1. The molecule has 2 aromatic carbocycles. The standard InChI is InChI=1S/C21H26ClNO2S/c1-15(14-26(3,4)5)17-10-7-9-13-20(17)23(16(2)24)21(25)18-11-6-8-12-19(18)22/h6-13,15H,14H2,1-5H3/p+1. The van der Waals surface area contributed by atoms with Crippen molar-refractivity contribution in [1.82, 2.24) is 0 Å². The summed E-state index contributed by atoms with van der Waals surface area (Å²) < 4.78 is 0. The molecule has 0 saturated heterocycles. The van der Waals surface area contributed by atoms with E-state index >= 15 is 0 Å². The van der Waals surface area contributed by atoms with Crippen molar-refractivity contribution < 1.29 is 14.5 Å². The summed E-state index contributed by atoms with van der Waals surface area (Å²) >= 11 is 6.20. The Balaban J connectivity index is 2.51. The van der Waals surface area contributed by atoms with Crippen LogP contribution in [-0.2, 0) is 4.79 Å². The monoisotopic (exact) mass is 392 g/mol. The van der Waals surface area contributed by atoms with Gasteiger partial charge >= 0.3 is 11.8 Å². The molecule has 2 unspecified atom stereocenters. The summed E-state index contributed by atoms with van der Waals surface area (Å²) in [6.45, 7) is 3.61. The van der Waals surface area contributed by atoms with Gasteiger partial charge in [0.25, 0.3) is 0 Å². The molecule has 0 saturated carbocycles. The van der Waals surface area contributed by atoms with Crippen LogP contribution in [0.15, 0.2) is 48.5 Å². The van der Waals surface area contributed by atoms with Crippen molar-refractivity contribution in [2.75, 3.05) is 24.5 Å². The van der Waals surface area contributed by atoms with Crippen LogP contribution in [-0.4, -0.2) is 36.3 Å². The van der Waals surface area contributed by atoms with Crippen LogP contribution in [0, 0.1) is 0 Å². The number of halogens is 1. The number of benzene rings is 2. The number of carbonyl (C=O) groups excluding carboxylic acids is 2. The number of para-hydroxylation sites is 1. The van der Waals surface area contributed by atoms with Crippen LogP contribution in [0.4, 0.5) is 5.69 Å². The van der Waals surface area contributed by atoms with Crippen LogP contribution >= 0.6 is 21.6 Å². The summed E-state index contributed by atoms with van der Waals surface area (Å²) in [5.74, 6) is 0.744. The third-order valence-electron chi connectivity index (χ3n) is 4.21. The SMILES string of the molecule is CC(=O)[NH+](C(=O)c1ccccc1Cl)c1ccccc1C(C)CS(C)(C)C.